The average molecular weight is 177 g/mol. The Morgan fingerprint density at radius 3 is 2.88 bits per heavy atom. The lowest BCUT2D eigenvalue weighted by molar-refractivity contribution is 0.133. The Labute approximate surface area is 55.3 Å². The molecule has 0 spiro atoms. The van der Waals surface area contributed by atoms with Crippen molar-refractivity contribution in [1.29, 1.82) is 0 Å². The summed E-state index contributed by atoms with van der Waals surface area (Å²) in [5.41, 5.74) is 0. The summed E-state index contributed by atoms with van der Waals surface area (Å²) < 4.78 is 0.777. The van der Waals surface area contributed by atoms with E-state index in [2.05, 4.69) is 21.0 Å². The Kier molecular flexibility index (Phi) is 1.53. The predicted molar refractivity (Wildman–Crippen MR) is 32.4 cm³/mol. The third-order valence-electron chi connectivity index (χ3n) is 0.721. The lowest BCUT2D eigenvalue weighted by Crippen LogP contribution is -2.04. The van der Waals surface area contributed by atoms with Crippen molar-refractivity contribution in [1.82, 2.24) is 9.94 Å². The molecule has 8 heavy (non-hydrogen) atoms. The van der Waals surface area contributed by atoms with Gasteiger partial charge in [0.15, 0.2) is 0 Å². The van der Waals surface area contributed by atoms with E-state index in [1.54, 1.807) is 19.4 Å². The topological polar surface area (TPSA) is 27.1 Å². The fraction of sp³-hybridized carbons (Fsp3) is 0.250. The molecule has 0 bridgehead atoms. The van der Waals surface area contributed by atoms with Crippen LogP contribution >= 0.6 is 15.9 Å². The van der Waals surface area contributed by atoms with Crippen LogP contribution in [-0.2, 0) is 0 Å². The highest BCUT2D eigenvalue weighted by Crippen LogP contribution is 2.01. The molecule has 0 amide bonds. The largest absolute Gasteiger partial charge is 0.400 e. The van der Waals surface area contributed by atoms with Gasteiger partial charge in [0.25, 0.3) is 0 Å². The van der Waals surface area contributed by atoms with Crippen molar-refractivity contribution in [2.75, 3.05) is 7.11 Å². The highest BCUT2D eigenvalue weighted by Gasteiger charge is 1.88. The standard InChI is InChI=1S/C4H5BrN2O/c1-8-7-3-2-4(5)6-7/h2-3H,1H3. The highest BCUT2D eigenvalue weighted by molar-refractivity contribution is 9.10. The van der Waals surface area contributed by atoms with E-state index in [4.69, 9.17) is 4.84 Å². The van der Waals surface area contributed by atoms with Gasteiger partial charge in [-0.25, -0.2) is 0 Å². The van der Waals surface area contributed by atoms with Crippen LogP contribution < -0.4 is 4.84 Å². The molecule has 0 aliphatic carbocycles. The lowest BCUT2D eigenvalue weighted by Gasteiger charge is -1.92. The molecule has 4 heteroatoms. The van der Waals surface area contributed by atoms with Crippen LogP contribution in [0, 0.1) is 0 Å². The van der Waals surface area contributed by atoms with Gasteiger partial charge in [-0.1, -0.05) is 0 Å². The normalized spacial score (nSPS) is 9.25. The average Bonchev–Trinajstić information content (AvgIpc) is 2.14. The summed E-state index contributed by atoms with van der Waals surface area (Å²) in [5, 5.41) is 3.84. The number of hydrogen-bond acceptors (Lipinski definition) is 2. The molecule has 0 saturated carbocycles. The van der Waals surface area contributed by atoms with Crippen molar-refractivity contribution in [3.63, 3.8) is 0 Å². The van der Waals surface area contributed by atoms with Crippen molar-refractivity contribution in [2.45, 2.75) is 0 Å². The van der Waals surface area contributed by atoms with Crippen LogP contribution in [0.4, 0.5) is 0 Å². The van der Waals surface area contributed by atoms with Gasteiger partial charge in [0, 0.05) is 0 Å². The molecule has 0 N–H and O–H groups in total. The maximum Gasteiger partial charge on any atom is 0.131 e. The van der Waals surface area contributed by atoms with Gasteiger partial charge in [-0.3, -0.25) is 0 Å². The first kappa shape index (κ1) is 5.62. The van der Waals surface area contributed by atoms with Crippen molar-refractivity contribution in [3.05, 3.63) is 16.9 Å². The molecule has 1 heterocycles. The van der Waals surface area contributed by atoms with E-state index >= 15 is 0 Å². The predicted octanol–water partition coefficient (Wildman–Crippen LogP) is 0.704. The number of halogens is 1. The number of aromatic nitrogens is 2. The van der Waals surface area contributed by atoms with Crippen LogP contribution in [0.3, 0.4) is 0 Å². The SMILES string of the molecule is COn1ccc(Br)n1. The van der Waals surface area contributed by atoms with Crippen LogP contribution in [0.2, 0.25) is 0 Å². The minimum absolute atomic E-state index is 0.777. The van der Waals surface area contributed by atoms with Gasteiger partial charge in [-0.05, 0) is 22.0 Å². The van der Waals surface area contributed by atoms with Crippen LogP contribution in [-0.4, -0.2) is 17.1 Å². The highest BCUT2D eigenvalue weighted by atomic mass is 79.9. The summed E-state index contributed by atoms with van der Waals surface area (Å²) in [4.78, 5) is 6.08. The quantitative estimate of drug-likeness (QED) is 0.631. The lowest BCUT2D eigenvalue weighted by atomic mass is 10.8. The molecular weight excluding hydrogens is 172 g/mol. The second kappa shape index (κ2) is 2.17. The zero-order chi connectivity index (χ0) is 5.98. The molecule has 0 unspecified atom stereocenters. The van der Waals surface area contributed by atoms with E-state index in [9.17, 15) is 0 Å². The minimum Gasteiger partial charge on any atom is -0.400 e. The molecule has 0 fully saturated rings. The third-order valence-corrected chi connectivity index (χ3v) is 1.14. The monoisotopic (exact) mass is 176 g/mol. The van der Waals surface area contributed by atoms with Crippen LogP contribution in [0.15, 0.2) is 16.9 Å². The Morgan fingerprint density at radius 2 is 2.62 bits per heavy atom. The van der Waals surface area contributed by atoms with Gasteiger partial charge >= 0.3 is 0 Å². The Hall–Kier alpha value is -0.510. The fourth-order valence-electron chi connectivity index (χ4n) is 0.388. The molecule has 0 aliphatic rings. The van der Waals surface area contributed by atoms with Crippen LogP contribution in [0.5, 0.6) is 0 Å². The number of rotatable bonds is 1. The first-order chi connectivity index (χ1) is 3.83. The second-order valence-electron chi connectivity index (χ2n) is 1.22. The summed E-state index contributed by atoms with van der Waals surface area (Å²) in [6.45, 7) is 0. The second-order valence-corrected chi connectivity index (χ2v) is 2.04. The van der Waals surface area contributed by atoms with Crippen molar-refractivity contribution in [3.8, 4) is 0 Å². The van der Waals surface area contributed by atoms with E-state index in [0.717, 1.165) is 4.60 Å². The fourth-order valence-corrected chi connectivity index (χ4v) is 0.662. The van der Waals surface area contributed by atoms with Gasteiger partial charge in [0.1, 0.15) is 11.7 Å². The van der Waals surface area contributed by atoms with Crippen LogP contribution in [0.1, 0.15) is 0 Å². The molecule has 1 rings (SSSR count). The van der Waals surface area contributed by atoms with Gasteiger partial charge in [0.05, 0.1) is 6.20 Å². The molecule has 0 aromatic carbocycles. The maximum absolute atomic E-state index is 4.71. The van der Waals surface area contributed by atoms with Gasteiger partial charge < -0.3 is 4.84 Å². The van der Waals surface area contributed by atoms with E-state index in [1.807, 2.05) is 0 Å². The molecule has 0 saturated heterocycles. The van der Waals surface area contributed by atoms with Gasteiger partial charge in [-0.15, -0.1) is 9.94 Å². The maximum atomic E-state index is 4.71. The summed E-state index contributed by atoms with van der Waals surface area (Å²) in [6, 6.07) is 1.80. The molecule has 1 aromatic rings. The van der Waals surface area contributed by atoms with Crippen molar-refractivity contribution in [2.24, 2.45) is 0 Å². The Morgan fingerprint density at radius 1 is 1.88 bits per heavy atom. The van der Waals surface area contributed by atoms with Crippen molar-refractivity contribution < 1.29 is 4.84 Å². The molecule has 0 radical (unpaired) electrons. The molecule has 0 atom stereocenters. The minimum atomic E-state index is 0.777. The molecule has 3 nitrogen and oxygen atoms in total. The summed E-state index contributed by atoms with van der Waals surface area (Å²) >= 11 is 3.16. The summed E-state index contributed by atoms with van der Waals surface area (Å²) in [5.74, 6) is 0. The Balaban J connectivity index is 2.84. The zero-order valence-electron chi connectivity index (χ0n) is 4.34. The molecule has 1 aromatic heterocycles. The van der Waals surface area contributed by atoms with Gasteiger partial charge in [0.2, 0.25) is 0 Å². The molecular formula is C4H5BrN2O. The van der Waals surface area contributed by atoms with E-state index in [-0.39, 0.29) is 0 Å². The van der Waals surface area contributed by atoms with Crippen LogP contribution in [0.25, 0.3) is 0 Å². The molecule has 44 valence electrons. The zero-order valence-corrected chi connectivity index (χ0v) is 5.92. The van der Waals surface area contributed by atoms with Gasteiger partial charge in [-0.2, -0.15) is 0 Å². The van der Waals surface area contributed by atoms with E-state index in [0.29, 0.717) is 0 Å². The first-order valence-corrected chi connectivity index (χ1v) is 2.88. The van der Waals surface area contributed by atoms with Crippen molar-refractivity contribution >= 4 is 15.9 Å². The molecule has 0 aliphatic heterocycles. The Bertz CT molecular complexity index is 174. The number of hydrogen-bond donors (Lipinski definition) is 0. The summed E-state index contributed by atoms with van der Waals surface area (Å²) in [6.07, 6.45) is 1.71. The number of nitrogens with zero attached hydrogens (tertiary/aromatic N) is 2. The first-order valence-electron chi connectivity index (χ1n) is 2.08. The van der Waals surface area contributed by atoms with E-state index in [1.165, 1.54) is 4.85 Å². The smallest absolute Gasteiger partial charge is 0.131 e. The van der Waals surface area contributed by atoms with E-state index < -0.39 is 0 Å². The summed E-state index contributed by atoms with van der Waals surface area (Å²) in [7, 11) is 1.56. The third kappa shape index (κ3) is 1.01.